The minimum absolute atomic E-state index is 0.0497. The van der Waals surface area contributed by atoms with Crippen LogP contribution in [-0.4, -0.2) is 23.5 Å². The Morgan fingerprint density at radius 1 is 1.09 bits per heavy atom. The molecule has 0 spiro atoms. The normalized spacial score (nSPS) is 11.2. The molecule has 0 atom stereocenters. The molecule has 0 radical (unpaired) electrons. The Morgan fingerprint density at radius 3 is 2.55 bits per heavy atom. The number of rotatable bonds is 9. The van der Waals surface area contributed by atoms with E-state index in [1.54, 1.807) is 5.38 Å². The van der Waals surface area contributed by atoms with E-state index in [9.17, 15) is 22.8 Å². The van der Waals surface area contributed by atoms with Crippen LogP contribution in [0.1, 0.15) is 31.0 Å². The van der Waals surface area contributed by atoms with Crippen molar-refractivity contribution in [2.24, 2.45) is 0 Å². The number of carbonyl (C=O) groups is 2. The van der Waals surface area contributed by atoms with Crippen LogP contribution in [0.25, 0.3) is 0 Å². The topological polar surface area (TPSA) is 68.7 Å². The van der Waals surface area contributed by atoms with Crippen LogP contribution in [0.2, 0.25) is 0 Å². The average Bonchev–Trinajstić information content (AvgIpc) is 3.24. The van der Waals surface area contributed by atoms with Gasteiger partial charge in [0, 0.05) is 18.7 Å². The monoisotopic (exact) mass is 478 g/mol. The number of anilines is 2. The van der Waals surface area contributed by atoms with Crippen molar-refractivity contribution >= 4 is 34.0 Å². The minimum atomic E-state index is -4.53. The van der Waals surface area contributed by atoms with E-state index in [0.717, 1.165) is 34.1 Å². The molecule has 1 amide bonds. The zero-order valence-corrected chi connectivity index (χ0v) is 18.5. The molecule has 0 saturated carbocycles. The molecular formula is C23H21F3N2O4S. The molecule has 0 bridgehead atoms. The van der Waals surface area contributed by atoms with Gasteiger partial charge in [0.1, 0.15) is 12.4 Å². The van der Waals surface area contributed by atoms with Gasteiger partial charge in [-0.15, -0.1) is 11.3 Å². The molecule has 174 valence electrons. The molecule has 0 saturated heterocycles. The first-order valence-corrected chi connectivity index (χ1v) is 10.9. The second kappa shape index (κ2) is 11.0. The van der Waals surface area contributed by atoms with E-state index < -0.39 is 23.6 Å². The third-order valence-corrected chi connectivity index (χ3v) is 5.27. The maximum atomic E-state index is 13.0. The number of hydrogen-bond donors (Lipinski definition) is 0. The predicted molar refractivity (Wildman–Crippen MR) is 117 cm³/mol. The lowest BCUT2D eigenvalue weighted by molar-refractivity contribution is -0.145. The van der Waals surface area contributed by atoms with Gasteiger partial charge < -0.3 is 9.47 Å². The molecule has 1 heterocycles. The van der Waals surface area contributed by atoms with Crippen molar-refractivity contribution in [1.29, 1.82) is 0 Å². The van der Waals surface area contributed by atoms with Crippen molar-refractivity contribution in [3.63, 3.8) is 0 Å². The van der Waals surface area contributed by atoms with Crippen molar-refractivity contribution in [2.75, 3.05) is 11.5 Å². The van der Waals surface area contributed by atoms with E-state index in [2.05, 4.69) is 4.98 Å². The fourth-order valence-electron chi connectivity index (χ4n) is 2.86. The van der Waals surface area contributed by atoms with Gasteiger partial charge in [0.25, 0.3) is 0 Å². The van der Waals surface area contributed by atoms with Crippen molar-refractivity contribution in [2.45, 2.75) is 32.5 Å². The Kier molecular flexibility index (Phi) is 8.05. The Bertz CT molecular complexity index is 1090. The maximum Gasteiger partial charge on any atom is 0.416 e. The molecule has 0 aliphatic heterocycles. The van der Waals surface area contributed by atoms with E-state index in [0.29, 0.717) is 18.7 Å². The van der Waals surface area contributed by atoms with Crippen LogP contribution in [0.5, 0.6) is 5.75 Å². The highest BCUT2D eigenvalue weighted by Crippen LogP contribution is 2.35. The van der Waals surface area contributed by atoms with E-state index in [1.807, 2.05) is 30.3 Å². The molecular weight excluding hydrogens is 457 g/mol. The number of benzene rings is 2. The number of aromatic nitrogens is 1. The van der Waals surface area contributed by atoms with Gasteiger partial charge in [-0.25, -0.2) is 4.98 Å². The molecule has 0 unspecified atom stereocenters. The summed E-state index contributed by atoms with van der Waals surface area (Å²) in [6, 6.07) is 13.7. The van der Waals surface area contributed by atoms with Gasteiger partial charge in [-0.3, -0.25) is 14.5 Å². The van der Waals surface area contributed by atoms with Crippen LogP contribution in [0.4, 0.5) is 24.0 Å². The molecule has 3 aromatic rings. The first-order chi connectivity index (χ1) is 15.7. The van der Waals surface area contributed by atoms with Crippen LogP contribution < -0.4 is 9.64 Å². The fraction of sp³-hybridized carbons (Fsp3) is 0.261. The van der Waals surface area contributed by atoms with E-state index in [-0.39, 0.29) is 23.8 Å². The van der Waals surface area contributed by atoms with Gasteiger partial charge in [0.15, 0.2) is 5.13 Å². The van der Waals surface area contributed by atoms with Crippen LogP contribution in [0.15, 0.2) is 60.0 Å². The number of carbonyl (C=O) groups excluding carboxylic acids is 2. The molecule has 0 N–H and O–H groups in total. The molecule has 33 heavy (non-hydrogen) atoms. The van der Waals surface area contributed by atoms with Crippen LogP contribution in [-0.2, 0) is 27.1 Å². The Balaban J connectivity index is 1.54. The molecule has 0 fully saturated rings. The van der Waals surface area contributed by atoms with Crippen molar-refractivity contribution in [1.82, 2.24) is 4.98 Å². The third-order valence-electron chi connectivity index (χ3n) is 4.40. The standard InChI is InChI=1S/C23H21F3N2O4S/c1-16(29)28(19-8-5-7-17(13-19)23(24,25)26)22-27-18(15-33-22)14-32-21(30)11-6-12-31-20-9-3-2-4-10-20/h2-5,7-10,13,15H,6,11-12,14H2,1H3. The molecule has 6 nitrogen and oxygen atoms in total. The number of nitrogens with zero attached hydrogens (tertiary/aromatic N) is 2. The lowest BCUT2D eigenvalue weighted by Gasteiger charge is -2.19. The minimum Gasteiger partial charge on any atom is -0.494 e. The summed E-state index contributed by atoms with van der Waals surface area (Å²) in [5.74, 6) is -0.204. The average molecular weight is 478 g/mol. The van der Waals surface area contributed by atoms with E-state index >= 15 is 0 Å². The summed E-state index contributed by atoms with van der Waals surface area (Å²) in [7, 11) is 0. The number of halogens is 3. The van der Waals surface area contributed by atoms with Crippen LogP contribution in [0.3, 0.4) is 0 Å². The maximum absolute atomic E-state index is 13.0. The Morgan fingerprint density at radius 2 is 1.85 bits per heavy atom. The highest BCUT2D eigenvalue weighted by atomic mass is 32.1. The number of hydrogen-bond acceptors (Lipinski definition) is 6. The third kappa shape index (κ3) is 7.04. The largest absolute Gasteiger partial charge is 0.494 e. The summed E-state index contributed by atoms with van der Waals surface area (Å²) in [5, 5.41) is 1.77. The zero-order chi connectivity index (χ0) is 23.8. The number of esters is 1. The smallest absolute Gasteiger partial charge is 0.416 e. The van der Waals surface area contributed by atoms with Crippen molar-refractivity contribution in [3.05, 3.63) is 71.2 Å². The van der Waals surface area contributed by atoms with Crippen LogP contribution in [0, 0.1) is 0 Å². The second-order valence-corrected chi connectivity index (χ2v) is 7.79. The number of ether oxygens (including phenoxy) is 2. The zero-order valence-electron chi connectivity index (χ0n) is 17.7. The summed E-state index contributed by atoms with van der Waals surface area (Å²) < 4.78 is 49.8. The number of thiazole rings is 1. The van der Waals surface area contributed by atoms with Gasteiger partial charge in [-0.1, -0.05) is 24.3 Å². The molecule has 3 rings (SSSR count). The lowest BCUT2D eigenvalue weighted by atomic mass is 10.2. The fourth-order valence-corrected chi connectivity index (χ4v) is 3.73. The highest BCUT2D eigenvalue weighted by Gasteiger charge is 2.31. The summed E-state index contributed by atoms with van der Waals surface area (Å²) in [4.78, 5) is 29.4. The van der Waals surface area contributed by atoms with Gasteiger partial charge in [-0.05, 0) is 36.8 Å². The molecule has 0 aliphatic carbocycles. The predicted octanol–water partition coefficient (Wildman–Crippen LogP) is 5.75. The first kappa shape index (κ1) is 24.2. The molecule has 10 heteroatoms. The molecule has 2 aromatic carbocycles. The highest BCUT2D eigenvalue weighted by molar-refractivity contribution is 7.14. The first-order valence-electron chi connectivity index (χ1n) is 10.00. The van der Waals surface area contributed by atoms with E-state index in [4.69, 9.17) is 9.47 Å². The number of alkyl halides is 3. The van der Waals surface area contributed by atoms with Gasteiger partial charge in [-0.2, -0.15) is 13.2 Å². The summed E-state index contributed by atoms with van der Waals surface area (Å²) in [6.45, 7) is 1.49. The van der Waals surface area contributed by atoms with Crippen LogP contribution >= 0.6 is 11.3 Å². The second-order valence-electron chi connectivity index (χ2n) is 6.95. The molecule has 1 aromatic heterocycles. The van der Waals surface area contributed by atoms with Crippen molar-refractivity contribution in [3.8, 4) is 5.75 Å². The summed E-state index contributed by atoms with van der Waals surface area (Å²) in [5.41, 5.74) is -0.427. The quantitative estimate of drug-likeness (QED) is 0.289. The Hall–Kier alpha value is -3.40. The molecule has 0 aliphatic rings. The Labute approximate surface area is 192 Å². The SMILES string of the molecule is CC(=O)N(c1cccc(C(F)(F)F)c1)c1nc(COC(=O)CCCOc2ccccc2)cs1. The number of amides is 1. The van der Waals surface area contributed by atoms with E-state index in [1.165, 1.54) is 19.1 Å². The van der Waals surface area contributed by atoms with Gasteiger partial charge in [0.05, 0.1) is 23.6 Å². The lowest BCUT2D eigenvalue weighted by Crippen LogP contribution is -2.23. The summed E-state index contributed by atoms with van der Waals surface area (Å²) >= 11 is 1.07. The van der Waals surface area contributed by atoms with Gasteiger partial charge in [0.2, 0.25) is 5.91 Å². The van der Waals surface area contributed by atoms with Crippen molar-refractivity contribution < 1.29 is 32.2 Å². The van der Waals surface area contributed by atoms with Gasteiger partial charge >= 0.3 is 12.1 Å². The summed E-state index contributed by atoms with van der Waals surface area (Å²) in [6.07, 6.45) is -3.90. The number of para-hydroxylation sites is 1.